The Morgan fingerprint density at radius 2 is 1.92 bits per heavy atom. The molecule has 5 nitrogen and oxygen atoms in total. The molecule has 134 valence electrons. The number of ether oxygens (including phenoxy) is 1. The van der Waals surface area contributed by atoms with E-state index in [0.717, 1.165) is 11.3 Å². The van der Waals surface area contributed by atoms with Gasteiger partial charge in [0.2, 0.25) is 0 Å². The molecule has 25 heavy (non-hydrogen) atoms. The minimum absolute atomic E-state index is 0.0776. The monoisotopic (exact) mass is 361 g/mol. The molecular formula is C19H23NO4S. The van der Waals surface area contributed by atoms with Gasteiger partial charge >= 0.3 is 5.97 Å². The Hall–Kier alpha value is -2.08. The van der Waals surface area contributed by atoms with E-state index in [2.05, 4.69) is 5.32 Å². The van der Waals surface area contributed by atoms with Crippen LogP contribution in [-0.4, -0.2) is 42.7 Å². The van der Waals surface area contributed by atoms with Crippen LogP contribution in [0.4, 0.5) is 0 Å². The average molecular weight is 361 g/mol. The quantitative estimate of drug-likeness (QED) is 0.457. The molecule has 1 fully saturated rings. The summed E-state index contributed by atoms with van der Waals surface area (Å²) in [5.74, 6) is -0.0827. The lowest BCUT2D eigenvalue weighted by atomic mass is 9.80. The lowest BCUT2D eigenvalue weighted by molar-refractivity contribution is -0.143. The number of thioether (sulfide) groups is 1. The Balaban J connectivity index is 2.06. The third-order valence-corrected chi connectivity index (χ3v) is 4.90. The lowest BCUT2D eigenvalue weighted by Crippen LogP contribution is -2.36. The van der Waals surface area contributed by atoms with E-state index in [9.17, 15) is 14.4 Å². The van der Waals surface area contributed by atoms with E-state index >= 15 is 0 Å². The Morgan fingerprint density at radius 3 is 2.48 bits per heavy atom. The molecule has 0 radical (unpaired) electrons. The number of nitrogens with one attached hydrogen (secondary N) is 1. The summed E-state index contributed by atoms with van der Waals surface area (Å²) in [4.78, 5) is 36.6. The number of carbonyl (C=O) groups is 3. The average Bonchev–Trinajstić information content (AvgIpc) is 2.63. The Bertz CT molecular complexity index is 637. The van der Waals surface area contributed by atoms with E-state index in [1.165, 1.54) is 13.3 Å². The predicted molar refractivity (Wildman–Crippen MR) is 98.5 cm³/mol. The van der Waals surface area contributed by atoms with E-state index in [1.54, 1.807) is 11.8 Å². The molecule has 1 aromatic rings. The number of benzene rings is 1. The second kappa shape index (κ2) is 9.42. The third kappa shape index (κ3) is 5.19. The molecule has 0 aliphatic heterocycles. The van der Waals surface area contributed by atoms with Gasteiger partial charge in [-0.05, 0) is 29.9 Å². The Labute approximate surface area is 152 Å². The standard InChI is InChI=1S/C19H23NO4S/c1-24-19(23)16(8-9-25-2)20-12-15-17(21)10-14(11-18(15)22)13-6-4-3-5-7-13/h3-7,12,14,16,20H,8-11H2,1-2H3. The normalized spacial score (nSPS) is 18.6. The zero-order valence-electron chi connectivity index (χ0n) is 14.5. The molecule has 1 atom stereocenters. The van der Waals surface area contributed by atoms with Gasteiger partial charge in [-0.15, -0.1) is 0 Å². The van der Waals surface area contributed by atoms with Crippen LogP contribution < -0.4 is 5.32 Å². The molecule has 2 rings (SSSR count). The molecule has 1 aliphatic rings. The largest absolute Gasteiger partial charge is 0.467 e. The predicted octanol–water partition coefficient (Wildman–Crippen LogP) is 2.47. The van der Waals surface area contributed by atoms with Crippen molar-refractivity contribution in [3.63, 3.8) is 0 Å². The molecule has 1 unspecified atom stereocenters. The number of methoxy groups -OCH3 is 1. The molecule has 0 bridgehead atoms. The maximum absolute atomic E-state index is 12.4. The second-order valence-corrected chi connectivity index (χ2v) is 6.93. The van der Waals surface area contributed by atoms with Gasteiger partial charge in [-0.3, -0.25) is 9.59 Å². The summed E-state index contributed by atoms with van der Waals surface area (Å²) in [6.07, 6.45) is 4.51. The van der Waals surface area contributed by atoms with Gasteiger partial charge in [0.25, 0.3) is 0 Å². The number of hydrogen-bond acceptors (Lipinski definition) is 6. The van der Waals surface area contributed by atoms with Gasteiger partial charge in [-0.2, -0.15) is 11.8 Å². The van der Waals surface area contributed by atoms with Crippen LogP contribution in [0.1, 0.15) is 30.7 Å². The van der Waals surface area contributed by atoms with Gasteiger partial charge in [0.1, 0.15) is 6.04 Å². The maximum atomic E-state index is 12.4. The summed E-state index contributed by atoms with van der Waals surface area (Å²) in [7, 11) is 1.32. The summed E-state index contributed by atoms with van der Waals surface area (Å²) in [5, 5.41) is 2.90. The van der Waals surface area contributed by atoms with Gasteiger partial charge in [0.15, 0.2) is 11.6 Å². The van der Waals surface area contributed by atoms with Crippen molar-refractivity contribution in [1.29, 1.82) is 0 Å². The van der Waals surface area contributed by atoms with E-state index in [4.69, 9.17) is 4.74 Å². The number of Topliss-reactive ketones (excluding diaryl/α,β-unsaturated/α-hetero) is 2. The van der Waals surface area contributed by atoms with Crippen LogP contribution in [0, 0.1) is 0 Å². The number of esters is 1. The SMILES string of the molecule is COC(=O)C(CCSC)NC=C1C(=O)CC(c2ccccc2)CC1=O. The van der Waals surface area contributed by atoms with Crippen LogP contribution in [0.3, 0.4) is 0 Å². The Morgan fingerprint density at radius 1 is 1.28 bits per heavy atom. The van der Waals surface area contributed by atoms with E-state index in [0.29, 0.717) is 19.3 Å². The first-order valence-corrected chi connectivity index (χ1v) is 9.60. The molecular weight excluding hydrogens is 338 g/mol. The highest BCUT2D eigenvalue weighted by atomic mass is 32.2. The molecule has 1 aromatic carbocycles. The van der Waals surface area contributed by atoms with Crippen LogP contribution in [0.5, 0.6) is 0 Å². The van der Waals surface area contributed by atoms with Crippen molar-refractivity contribution in [1.82, 2.24) is 5.32 Å². The van der Waals surface area contributed by atoms with Gasteiger partial charge in [0, 0.05) is 19.0 Å². The summed E-state index contributed by atoms with van der Waals surface area (Å²) < 4.78 is 4.77. The van der Waals surface area contributed by atoms with E-state index in [-0.39, 0.29) is 23.1 Å². The van der Waals surface area contributed by atoms with Crippen molar-refractivity contribution in [2.75, 3.05) is 19.1 Å². The maximum Gasteiger partial charge on any atom is 0.328 e. The van der Waals surface area contributed by atoms with Crippen LogP contribution in [0.25, 0.3) is 0 Å². The highest BCUT2D eigenvalue weighted by molar-refractivity contribution is 7.98. The summed E-state index contributed by atoms with van der Waals surface area (Å²) in [5.41, 5.74) is 1.15. The van der Waals surface area contributed by atoms with Crippen molar-refractivity contribution < 1.29 is 19.1 Å². The molecule has 1 saturated carbocycles. The van der Waals surface area contributed by atoms with Gasteiger partial charge in [-0.25, -0.2) is 4.79 Å². The number of hydrogen-bond donors (Lipinski definition) is 1. The van der Waals surface area contributed by atoms with Crippen LogP contribution in [0.15, 0.2) is 42.1 Å². The zero-order valence-corrected chi connectivity index (χ0v) is 15.3. The topological polar surface area (TPSA) is 72.5 Å². The second-order valence-electron chi connectivity index (χ2n) is 5.94. The molecule has 0 heterocycles. The summed E-state index contributed by atoms with van der Waals surface area (Å²) in [6.45, 7) is 0. The zero-order chi connectivity index (χ0) is 18.2. The van der Waals surface area contributed by atoms with Crippen molar-refractivity contribution >= 4 is 29.3 Å². The third-order valence-electron chi connectivity index (χ3n) is 4.26. The highest BCUT2D eigenvalue weighted by Crippen LogP contribution is 2.31. The van der Waals surface area contributed by atoms with Gasteiger partial charge in [-0.1, -0.05) is 30.3 Å². The van der Waals surface area contributed by atoms with Crippen LogP contribution >= 0.6 is 11.8 Å². The van der Waals surface area contributed by atoms with Crippen molar-refractivity contribution in [2.45, 2.75) is 31.2 Å². The first kappa shape index (κ1) is 19.2. The molecule has 6 heteroatoms. The van der Waals surface area contributed by atoms with Gasteiger partial charge in [0.05, 0.1) is 12.7 Å². The summed E-state index contributed by atoms with van der Waals surface area (Å²) in [6, 6.07) is 9.04. The number of ketones is 2. The van der Waals surface area contributed by atoms with Crippen LogP contribution in [0.2, 0.25) is 0 Å². The fourth-order valence-electron chi connectivity index (χ4n) is 2.85. The molecule has 1 aliphatic carbocycles. The molecule has 1 N–H and O–H groups in total. The first-order valence-electron chi connectivity index (χ1n) is 8.21. The Kier molecular flexibility index (Phi) is 7.25. The van der Waals surface area contributed by atoms with E-state index in [1.807, 2.05) is 36.6 Å². The first-order chi connectivity index (χ1) is 12.1. The molecule has 0 spiro atoms. The van der Waals surface area contributed by atoms with Crippen molar-refractivity contribution in [3.8, 4) is 0 Å². The van der Waals surface area contributed by atoms with E-state index < -0.39 is 12.0 Å². The van der Waals surface area contributed by atoms with Gasteiger partial charge < -0.3 is 10.1 Å². The fourth-order valence-corrected chi connectivity index (χ4v) is 3.32. The minimum Gasteiger partial charge on any atom is -0.467 e. The molecule has 0 amide bonds. The number of allylic oxidation sites excluding steroid dienone is 1. The smallest absolute Gasteiger partial charge is 0.328 e. The lowest BCUT2D eigenvalue weighted by Gasteiger charge is -2.23. The molecule has 0 saturated heterocycles. The number of carbonyl (C=O) groups excluding carboxylic acids is 3. The van der Waals surface area contributed by atoms with Crippen molar-refractivity contribution in [2.24, 2.45) is 0 Å². The fraction of sp³-hybridized carbons (Fsp3) is 0.421. The summed E-state index contributed by atoms with van der Waals surface area (Å²) >= 11 is 1.62. The van der Waals surface area contributed by atoms with Crippen LogP contribution in [-0.2, 0) is 19.1 Å². The minimum atomic E-state index is -0.558. The van der Waals surface area contributed by atoms with Crippen molar-refractivity contribution in [3.05, 3.63) is 47.7 Å². The molecule has 0 aromatic heterocycles. The number of rotatable bonds is 7. The highest BCUT2D eigenvalue weighted by Gasteiger charge is 2.31.